The number of aromatic nitrogens is 2. The van der Waals surface area contributed by atoms with Gasteiger partial charge in [-0.15, -0.1) is 0 Å². The van der Waals surface area contributed by atoms with Crippen LogP contribution in [0, 0.1) is 32.5 Å². The number of benzene rings is 2. The van der Waals surface area contributed by atoms with Gasteiger partial charge in [0.05, 0.1) is 23.2 Å². The fourth-order valence-electron chi connectivity index (χ4n) is 6.30. The largest absolute Gasteiger partial charge is 0.481 e. The molecule has 0 bridgehead atoms. The van der Waals surface area contributed by atoms with Crippen molar-refractivity contribution >= 4 is 17.6 Å². The quantitative estimate of drug-likeness (QED) is 0.181. The number of alkyl halides is 1. The Bertz CT molecular complexity index is 1530. The SMILES string of the molecule is Cc1cccc(C)c1-c1cc(Cl)c(F)c([C@@H](CCNC[C@H](CC(C)C)n2nc(CCN3CC(F)C3)cc(C)c2=O)CC(=O)O)c1. The maximum atomic E-state index is 15.5. The highest BCUT2D eigenvalue weighted by Crippen LogP contribution is 2.36. The van der Waals surface area contributed by atoms with Crippen LogP contribution in [0.5, 0.6) is 0 Å². The molecule has 1 aromatic heterocycles. The van der Waals surface area contributed by atoms with Crippen LogP contribution in [0.1, 0.15) is 73.0 Å². The Morgan fingerprint density at radius 3 is 2.44 bits per heavy atom. The van der Waals surface area contributed by atoms with Gasteiger partial charge in [0.25, 0.3) is 5.56 Å². The molecule has 0 amide bonds. The molecule has 4 rings (SSSR count). The minimum atomic E-state index is -1.02. The first kappa shape index (κ1) is 34.7. The molecular formula is C35H45ClF2N4O3. The number of likely N-dealkylation sites (tertiary alicyclic amines) is 1. The van der Waals surface area contributed by atoms with Gasteiger partial charge in [0.15, 0.2) is 0 Å². The van der Waals surface area contributed by atoms with Gasteiger partial charge in [-0.05, 0) is 98.0 Å². The second-order valence-electron chi connectivity index (χ2n) is 12.9. The Labute approximate surface area is 269 Å². The number of carboxylic acid groups (broad SMARTS) is 1. The lowest BCUT2D eigenvalue weighted by molar-refractivity contribution is -0.137. The Morgan fingerprint density at radius 1 is 1.13 bits per heavy atom. The van der Waals surface area contributed by atoms with Crippen LogP contribution in [-0.4, -0.2) is 64.7 Å². The summed E-state index contributed by atoms with van der Waals surface area (Å²) in [6, 6.07) is 10.8. The molecule has 2 aromatic carbocycles. The molecule has 2 heterocycles. The molecule has 7 nitrogen and oxygen atoms in total. The summed E-state index contributed by atoms with van der Waals surface area (Å²) in [5.74, 6) is -1.94. The van der Waals surface area contributed by atoms with E-state index in [1.54, 1.807) is 23.7 Å². The number of carbonyl (C=O) groups is 1. The molecule has 10 heteroatoms. The van der Waals surface area contributed by atoms with Gasteiger partial charge in [-0.1, -0.05) is 43.6 Å². The summed E-state index contributed by atoms with van der Waals surface area (Å²) in [5, 5.41) is 17.8. The first-order chi connectivity index (χ1) is 21.3. The number of nitrogens with zero attached hydrogens (tertiary/aromatic N) is 3. The fourth-order valence-corrected chi connectivity index (χ4v) is 6.52. The molecule has 2 N–H and O–H groups in total. The number of halogens is 3. The molecule has 1 saturated heterocycles. The van der Waals surface area contributed by atoms with E-state index in [1.165, 1.54) is 0 Å². The number of carboxylic acids is 1. The monoisotopic (exact) mass is 642 g/mol. The lowest BCUT2D eigenvalue weighted by Crippen LogP contribution is -2.49. The van der Waals surface area contributed by atoms with Crippen molar-refractivity contribution in [3.05, 3.63) is 85.5 Å². The number of hydrogen-bond donors (Lipinski definition) is 2. The molecule has 0 aliphatic carbocycles. The number of nitrogens with one attached hydrogen (secondary N) is 1. The first-order valence-electron chi connectivity index (χ1n) is 15.8. The van der Waals surface area contributed by atoms with Crippen molar-refractivity contribution in [2.24, 2.45) is 5.92 Å². The molecule has 244 valence electrons. The minimum absolute atomic E-state index is 0.0372. The van der Waals surface area contributed by atoms with Crippen LogP contribution in [0.3, 0.4) is 0 Å². The Kier molecular flexibility index (Phi) is 11.9. The number of aryl methyl sites for hydroxylation is 3. The van der Waals surface area contributed by atoms with Crippen LogP contribution in [0.4, 0.5) is 8.78 Å². The highest BCUT2D eigenvalue weighted by Gasteiger charge is 2.26. The van der Waals surface area contributed by atoms with E-state index in [2.05, 4.69) is 19.2 Å². The Hall–Kier alpha value is -3.14. The van der Waals surface area contributed by atoms with E-state index in [0.717, 1.165) is 27.9 Å². The summed E-state index contributed by atoms with van der Waals surface area (Å²) in [4.78, 5) is 27.1. The van der Waals surface area contributed by atoms with E-state index in [1.807, 2.05) is 43.0 Å². The molecule has 45 heavy (non-hydrogen) atoms. The van der Waals surface area contributed by atoms with Gasteiger partial charge in [0.2, 0.25) is 0 Å². The standard InChI is InChI=1S/C35H45ClF2N4O3/c1-21(2)13-29(42-35(45)24(5)14-28(40-42)10-12-41-19-27(37)20-41)18-39-11-9-25(17-32(43)44)30-15-26(16-31(36)34(30)38)33-22(3)7-6-8-23(33)4/h6-8,14-16,21,25,27,29,39H,9-13,17-20H2,1-5H3,(H,43,44)/t25-,29-/m0/s1. The molecule has 3 aromatic rings. The molecule has 1 aliphatic rings. The van der Waals surface area contributed by atoms with Crippen molar-refractivity contribution in [2.75, 3.05) is 32.7 Å². The average Bonchev–Trinajstić information content (AvgIpc) is 2.94. The van der Waals surface area contributed by atoms with E-state index < -0.39 is 23.9 Å². The van der Waals surface area contributed by atoms with E-state index in [0.29, 0.717) is 63.5 Å². The molecule has 0 unspecified atom stereocenters. The number of hydrogen-bond acceptors (Lipinski definition) is 5. The van der Waals surface area contributed by atoms with Gasteiger partial charge >= 0.3 is 5.97 Å². The third kappa shape index (κ3) is 8.99. The normalized spacial score (nSPS) is 15.3. The van der Waals surface area contributed by atoms with E-state index in [9.17, 15) is 19.1 Å². The number of rotatable bonds is 15. The van der Waals surface area contributed by atoms with Crippen LogP contribution in [0.2, 0.25) is 5.02 Å². The second-order valence-corrected chi connectivity index (χ2v) is 13.3. The van der Waals surface area contributed by atoms with Crippen molar-refractivity contribution in [1.82, 2.24) is 20.0 Å². The highest BCUT2D eigenvalue weighted by molar-refractivity contribution is 6.31. The number of aliphatic carboxylic acids is 1. The lowest BCUT2D eigenvalue weighted by atomic mass is 9.88. The van der Waals surface area contributed by atoms with Gasteiger partial charge in [0.1, 0.15) is 12.0 Å². The van der Waals surface area contributed by atoms with Gasteiger partial charge in [-0.25, -0.2) is 13.5 Å². The Balaban J connectivity index is 1.51. The maximum absolute atomic E-state index is 15.5. The smallest absolute Gasteiger partial charge is 0.303 e. The van der Waals surface area contributed by atoms with Crippen LogP contribution in [0.15, 0.2) is 41.2 Å². The highest BCUT2D eigenvalue weighted by atomic mass is 35.5. The Morgan fingerprint density at radius 2 is 1.82 bits per heavy atom. The molecule has 0 saturated carbocycles. The van der Waals surface area contributed by atoms with Crippen molar-refractivity contribution in [2.45, 2.75) is 78.4 Å². The molecular weight excluding hydrogens is 598 g/mol. The molecule has 2 atom stereocenters. The summed E-state index contributed by atoms with van der Waals surface area (Å²) in [7, 11) is 0. The van der Waals surface area contributed by atoms with Crippen molar-refractivity contribution < 1.29 is 18.7 Å². The van der Waals surface area contributed by atoms with E-state index >= 15 is 4.39 Å². The van der Waals surface area contributed by atoms with E-state index in [-0.39, 0.29) is 28.6 Å². The van der Waals surface area contributed by atoms with E-state index in [4.69, 9.17) is 16.7 Å². The minimum Gasteiger partial charge on any atom is -0.481 e. The summed E-state index contributed by atoms with van der Waals surface area (Å²) in [6.45, 7) is 12.3. The van der Waals surface area contributed by atoms with Crippen molar-refractivity contribution in [3.8, 4) is 11.1 Å². The predicted octanol–water partition coefficient (Wildman–Crippen LogP) is 6.65. The maximum Gasteiger partial charge on any atom is 0.303 e. The lowest BCUT2D eigenvalue weighted by Gasteiger charge is -2.34. The third-order valence-electron chi connectivity index (χ3n) is 8.59. The fraction of sp³-hybridized carbons (Fsp3) is 0.514. The van der Waals surface area contributed by atoms with Crippen molar-refractivity contribution in [1.29, 1.82) is 0 Å². The van der Waals surface area contributed by atoms with Gasteiger partial charge in [0, 0.05) is 38.2 Å². The zero-order chi connectivity index (χ0) is 32.8. The summed E-state index contributed by atoms with van der Waals surface area (Å²) >= 11 is 6.37. The van der Waals surface area contributed by atoms with Crippen LogP contribution >= 0.6 is 11.6 Å². The van der Waals surface area contributed by atoms with Gasteiger partial charge < -0.3 is 10.4 Å². The molecule has 0 spiro atoms. The predicted molar refractivity (Wildman–Crippen MR) is 176 cm³/mol. The average molecular weight is 643 g/mol. The van der Waals surface area contributed by atoms with Gasteiger partial charge in [-0.2, -0.15) is 5.10 Å². The van der Waals surface area contributed by atoms with Crippen LogP contribution in [0.25, 0.3) is 11.1 Å². The topological polar surface area (TPSA) is 87.5 Å². The van der Waals surface area contributed by atoms with Crippen LogP contribution < -0.4 is 10.9 Å². The van der Waals surface area contributed by atoms with Gasteiger partial charge in [-0.3, -0.25) is 14.5 Å². The third-order valence-corrected chi connectivity index (χ3v) is 8.86. The summed E-state index contributed by atoms with van der Waals surface area (Å²) < 4.78 is 30.3. The molecule has 1 aliphatic heterocycles. The summed E-state index contributed by atoms with van der Waals surface area (Å²) in [5.41, 5.74) is 5.29. The molecule has 1 fully saturated rings. The zero-order valence-electron chi connectivity index (χ0n) is 26.9. The second kappa shape index (κ2) is 15.4. The van der Waals surface area contributed by atoms with Crippen molar-refractivity contribution in [3.63, 3.8) is 0 Å². The zero-order valence-corrected chi connectivity index (χ0v) is 27.6. The summed E-state index contributed by atoms with van der Waals surface area (Å²) in [6.07, 6.45) is 0.681. The van der Waals surface area contributed by atoms with Crippen LogP contribution in [-0.2, 0) is 11.2 Å². The molecule has 0 radical (unpaired) electrons. The first-order valence-corrected chi connectivity index (χ1v) is 16.2.